The Labute approximate surface area is 191 Å². The molecule has 1 aliphatic heterocycles. The van der Waals surface area contributed by atoms with E-state index in [1.54, 1.807) is 30.3 Å². The topological polar surface area (TPSA) is 80.8 Å². The first kappa shape index (κ1) is 20.2. The van der Waals surface area contributed by atoms with E-state index in [1.807, 2.05) is 0 Å². The number of carbonyl (C=O) groups is 2. The molecule has 6 nitrogen and oxygen atoms in total. The van der Waals surface area contributed by atoms with Gasteiger partial charge in [-0.05, 0) is 54.7 Å². The zero-order chi connectivity index (χ0) is 21.2. The summed E-state index contributed by atoms with van der Waals surface area (Å²) in [6.45, 7) is 0. The van der Waals surface area contributed by atoms with E-state index < -0.39 is 10.1 Å². The van der Waals surface area contributed by atoms with E-state index in [2.05, 4.69) is 31.9 Å². The summed E-state index contributed by atoms with van der Waals surface area (Å²) in [5.41, 5.74) is 0.431. The molecule has 2 bridgehead atoms. The predicted molar refractivity (Wildman–Crippen MR) is 117 cm³/mol. The van der Waals surface area contributed by atoms with Crippen LogP contribution in [0, 0.1) is 23.7 Å². The Bertz CT molecular complexity index is 1090. The minimum atomic E-state index is -3.96. The zero-order valence-corrected chi connectivity index (χ0v) is 19.5. The van der Waals surface area contributed by atoms with Crippen LogP contribution >= 0.6 is 31.9 Å². The third-order valence-corrected chi connectivity index (χ3v) is 10.8. The maximum absolute atomic E-state index is 13.1. The molecule has 3 aliphatic rings. The number of hydrogen-bond acceptors (Lipinski definition) is 5. The van der Waals surface area contributed by atoms with Crippen LogP contribution in [0.3, 0.4) is 0 Å². The van der Waals surface area contributed by atoms with Gasteiger partial charge < -0.3 is 4.18 Å². The zero-order valence-electron chi connectivity index (χ0n) is 15.5. The highest BCUT2D eigenvalue weighted by atomic mass is 79.9. The minimum Gasteiger partial charge on any atom is -0.379 e. The third-order valence-electron chi connectivity index (χ3n) is 6.32. The van der Waals surface area contributed by atoms with Crippen molar-refractivity contribution >= 4 is 59.5 Å². The molecule has 3 fully saturated rings. The van der Waals surface area contributed by atoms with Gasteiger partial charge in [0, 0.05) is 9.65 Å². The highest BCUT2D eigenvalue weighted by molar-refractivity contribution is 9.12. The summed E-state index contributed by atoms with van der Waals surface area (Å²) < 4.78 is 29.9. The quantitative estimate of drug-likeness (QED) is 0.327. The van der Waals surface area contributed by atoms with E-state index >= 15 is 0 Å². The first-order chi connectivity index (χ1) is 14.3. The van der Waals surface area contributed by atoms with Gasteiger partial charge in [0.15, 0.2) is 0 Å². The van der Waals surface area contributed by atoms with Gasteiger partial charge in [-0.2, -0.15) is 8.42 Å². The van der Waals surface area contributed by atoms with Crippen molar-refractivity contribution in [1.29, 1.82) is 0 Å². The predicted octanol–water partition coefficient (Wildman–Crippen LogP) is 3.74. The SMILES string of the molecule is O=C1[C@@H]2[C@H]3C[C@@H]([C@H](Br)[C@H]3Br)[C@H]2C(=O)N1c1ccc(OS(=O)(=O)c2ccccc2)cc1. The third kappa shape index (κ3) is 2.97. The van der Waals surface area contributed by atoms with Crippen molar-refractivity contribution in [3.05, 3.63) is 54.6 Å². The van der Waals surface area contributed by atoms with Gasteiger partial charge >= 0.3 is 10.1 Å². The lowest BCUT2D eigenvalue weighted by Gasteiger charge is -2.28. The lowest BCUT2D eigenvalue weighted by atomic mass is 9.81. The molecule has 156 valence electrons. The number of anilines is 1. The number of nitrogens with zero attached hydrogens (tertiary/aromatic N) is 1. The molecular formula is C21H17Br2NO5S. The normalized spacial score (nSPS) is 32.5. The number of benzene rings is 2. The molecule has 0 aromatic heterocycles. The van der Waals surface area contributed by atoms with Crippen LogP contribution < -0.4 is 9.08 Å². The Kier molecular flexibility index (Phi) is 4.83. The van der Waals surface area contributed by atoms with Crippen molar-refractivity contribution in [3.8, 4) is 5.75 Å². The molecule has 0 N–H and O–H groups in total. The van der Waals surface area contributed by atoms with E-state index in [4.69, 9.17) is 4.18 Å². The van der Waals surface area contributed by atoms with Crippen molar-refractivity contribution in [2.75, 3.05) is 4.90 Å². The molecule has 2 aliphatic carbocycles. The Balaban J connectivity index is 1.38. The van der Waals surface area contributed by atoms with Gasteiger partial charge in [0.25, 0.3) is 0 Å². The monoisotopic (exact) mass is 553 g/mol. The fraction of sp³-hybridized carbons (Fsp3) is 0.333. The Morgan fingerprint density at radius 2 is 1.37 bits per heavy atom. The van der Waals surface area contributed by atoms with Crippen LogP contribution in [0.4, 0.5) is 5.69 Å². The maximum atomic E-state index is 13.1. The lowest BCUT2D eigenvalue weighted by molar-refractivity contribution is -0.123. The molecular weight excluding hydrogens is 538 g/mol. The van der Waals surface area contributed by atoms with E-state index in [0.717, 1.165) is 6.42 Å². The number of imide groups is 1. The van der Waals surface area contributed by atoms with Crippen LogP contribution in [0.2, 0.25) is 0 Å². The number of alkyl halides is 2. The highest BCUT2D eigenvalue weighted by Crippen LogP contribution is 2.60. The van der Waals surface area contributed by atoms with Gasteiger partial charge in [-0.25, -0.2) is 0 Å². The average molecular weight is 555 g/mol. The van der Waals surface area contributed by atoms with Crippen LogP contribution in [0.25, 0.3) is 0 Å². The van der Waals surface area contributed by atoms with Crippen molar-refractivity contribution < 1.29 is 22.2 Å². The van der Waals surface area contributed by atoms with Gasteiger partial charge in [-0.15, -0.1) is 0 Å². The molecule has 1 saturated heterocycles. The van der Waals surface area contributed by atoms with Crippen LogP contribution in [-0.2, 0) is 19.7 Å². The molecule has 0 unspecified atom stereocenters. The molecule has 2 aromatic carbocycles. The molecule has 6 atom stereocenters. The van der Waals surface area contributed by atoms with E-state index in [9.17, 15) is 18.0 Å². The van der Waals surface area contributed by atoms with Crippen molar-refractivity contribution in [3.63, 3.8) is 0 Å². The first-order valence-electron chi connectivity index (χ1n) is 9.55. The number of amides is 2. The minimum absolute atomic E-state index is 0.0518. The van der Waals surface area contributed by atoms with Gasteiger partial charge in [0.2, 0.25) is 11.8 Å². The molecule has 2 amide bonds. The van der Waals surface area contributed by atoms with Crippen molar-refractivity contribution in [2.45, 2.75) is 21.0 Å². The van der Waals surface area contributed by atoms with Gasteiger partial charge in [-0.1, -0.05) is 50.1 Å². The van der Waals surface area contributed by atoms with Gasteiger partial charge in [0.05, 0.1) is 17.5 Å². The highest BCUT2D eigenvalue weighted by Gasteiger charge is 2.66. The molecule has 30 heavy (non-hydrogen) atoms. The summed E-state index contributed by atoms with van der Waals surface area (Å²) in [5, 5.41) is 0. The molecule has 0 spiro atoms. The molecule has 2 aromatic rings. The molecule has 2 saturated carbocycles. The summed E-state index contributed by atoms with van der Waals surface area (Å²) in [6, 6.07) is 13.9. The van der Waals surface area contributed by atoms with Crippen molar-refractivity contribution in [2.24, 2.45) is 23.7 Å². The number of halogens is 2. The maximum Gasteiger partial charge on any atom is 0.339 e. The summed E-state index contributed by atoms with van der Waals surface area (Å²) in [7, 11) is -3.96. The summed E-state index contributed by atoms with van der Waals surface area (Å²) >= 11 is 7.35. The summed E-state index contributed by atoms with van der Waals surface area (Å²) in [4.78, 5) is 27.8. The number of fused-ring (bicyclic) bond motifs is 5. The van der Waals surface area contributed by atoms with E-state index in [1.165, 1.54) is 29.2 Å². The Hall–Kier alpha value is -1.71. The number of hydrogen-bond donors (Lipinski definition) is 0. The second-order valence-corrected chi connectivity index (χ2v) is 11.5. The second-order valence-electron chi connectivity index (χ2n) is 7.86. The lowest BCUT2D eigenvalue weighted by Crippen LogP contribution is -2.37. The second kappa shape index (κ2) is 7.17. The summed E-state index contributed by atoms with van der Waals surface area (Å²) in [5.74, 6) is -0.541. The molecule has 0 radical (unpaired) electrons. The van der Waals surface area contributed by atoms with Crippen LogP contribution in [0.1, 0.15) is 6.42 Å². The smallest absolute Gasteiger partial charge is 0.339 e. The molecule has 9 heteroatoms. The fourth-order valence-corrected chi connectivity index (χ4v) is 7.84. The molecule has 5 rings (SSSR count). The molecule has 1 heterocycles. The largest absolute Gasteiger partial charge is 0.379 e. The standard InChI is InChI=1S/C21H17Br2NO5S/c22-18-14-10-15(19(18)23)17-16(14)20(25)24(21(17)26)11-6-8-12(9-7-11)29-30(27,28)13-4-2-1-3-5-13/h1-9,14-19H,10H2/t14-,15-,16-,17-,18+,19+/m1/s1. The average Bonchev–Trinajstić information content (AvgIpc) is 3.34. The number of carbonyl (C=O) groups excluding carboxylic acids is 2. The Morgan fingerprint density at radius 3 is 1.90 bits per heavy atom. The van der Waals surface area contributed by atoms with Crippen molar-refractivity contribution in [1.82, 2.24) is 0 Å². The number of rotatable bonds is 4. The fourth-order valence-electron chi connectivity index (χ4n) is 5.02. The van der Waals surface area contributed by atoms with Crippen LogP contribution in [-0.4, -0.2) is 29.9 Å². The summed E-state index contributed by atoms with van der Waals surface area (Å²) in [6.07, 6.45) is 0.872. The Morgan fingerprint density at radius 1 is 0.833 bits per heavy atom. The van der Waals surface area contributed by atoms with E-state index in [0.29, 0.717) is 5.69 Å². The van der Waals surface area contributed by atoms with Gasteiger partial charge in [-0.3, -0.25) is 14.5 Å². The first-order valence-corrected chi connectivity index (χ1v) is 12.8. The van der Waals surface area contributed by atoms with Crippen LogP contribution in [0.5, 0.6) is 5.75 Å². The van der Waals surface area contributed by atoms with Crippen LogP contribution in [0.15, 0.2) is 59.5 Å². The van der Waals surface area contributed by atoms with Gasteiger partial charge in [0.1, 0.15) is 10.6 Å². The van der Waals surface area contributed by atoms with E-state index in [-0.39, 0.29) is 55.8 Å².